The van der Waals surface area contributed by atoms with Gasteiger partial charge in [-0.05, 0) is 49.9 Å². The number of ether oxygens (including phenoxy) is 1. The minimum absolute atomic E-state index is 0.317. The van der Waals surface area contributed by atoms with Crippen LogP contribution in [-0.2, 0) is 12.8 Å². The first-order chi connectivity index (χ1) is 12.2. The van der Waals surface area contributed by atoms with E-state index in [0.29, 0.717) is 18.0 Å². The van der Waals surface area contributed by atoms with Crippen LogP contribution in [0.3, 0.4) is 0 Å². The molecule has 0 radical (unpaired) electrons. The lowest BCUT2D eigenvalue weighted by Gasteiger charge is -2.13. The van der Waals surface area contributed by atoms with Gasteiger partial charge >= 0.3 is 11.9 Å². The molecule has 0 saturated heterocycles. The van der Waals surface area contributed by atoms with Gasteiger partial charge in [0.15, 0.2) is 0 Å². The zero-order valence-corrected chi connectivity index (χ0v) is 14.2. The molecule has 0 atom stereocenters. The van der Waals surface area contributed by atoms with E-state index in [1.165, 1.54) is 11.1 Å². The largest absolute Gasteiger partial charge is 0.512 e. The van der Waals surface area contributed by atoms with E-state index in [1.54, 1.807) is 28.8 Å². The number of anilines is 1. The number of rotatable bonds is 4. The van der Waals surface area contributed by atoms with Crippen LogP contribution in [0.15, 0.2) is 30.5 Å². The number of carbonyl (C=O) groups is 2. The summed E-state index contributed by atoms with van der Waals surface area (Å²) in [5, 5.41) is 0. The average molecular weight is 338 g/mol. The molecule has 1 aromatic heterocycles. The zero-order valence-electron chi connectivity index (χ0n) is 14.2. The van der Waals surface area contributed by atoms with Crippen LogP contribution in [0.4, 0.5) is 10.5 Å². The summed E-state index contributed by atoms with van der Waals surface area (Å²) in [6.07, 6.45) is 6.19. The van der Waals surface area contributed by atoms with Gasteiger partial charge in [0.05, 0.1) is 18.5 Å². The Labute approximate surface area is 146 Å². The molecule has 0 bridgehead atoms. The lowest BCUT2D eigenvalue weighted by Crippen LogP contribution is -2.50. The second-order valence-corrected chi connectivity index (χ2v) is 6.34. The van der Waals surface area contributed by atoms with Crippen molar-refractivity contribution in [3.05, 3.63) is 47.5 Å². The lowest BCUT2D eigenvalue weighted by molar-refractivity contribution is -0.576. The number of nitrogens with zero attached hydrogens (tertiary/aromatic N) is 3. The first kappa shape index (κ1) is 15.7. The number of aromatic nitrogens is 2. The molecule has 0 fully saturated rings. The molecule has 2 aromatic rings. The van der Waals surface area contributed by atoms with Crippen LogP contribution in [0.1, 0.15) is 48.1 Å². The minimum Gasteiger partial charge on any atom is -0.494 e. The molecule has 25 heavy (non-hydrogen) atoms. The third kappa shape index (κ3) is 2.58. The number of carbonyl (C=O) groups excluding carboxylic acids is 2. The van der Waals surface area contributed by atoms with Gasteiger partial charge < -0.3 is 4.74 Å². The Morgan fingerprint density at radius 1 is 1.16 bits per heavy atom. The van der Waals surface area contributed by atoms with Crippen LogP contribution >= 0.6 is 0 Å². The summed E-state index contributed by atoms with van der Waals surface area (Å²) in [7, 11) is 0. The molecule has 1 aliphatic carbocycles. The molecule has 6 heteroatoms. The average Bonchev–Trinajstić information content (AvgIpc) is 2.91. The molecule has 6 nitrogen and oxygen atoms in total. The van der Waals surface area contributed by atoms with E-state index in [9.17, 15) is 9.59 Å². The minimum atomic E-state index is -0.326. The Morgan fingerprint density at radius 3 is 2.68 bits per heavy atom. The van der Waals surface area contributed by atoms with Crippen molar-refractivity contribution in [1.29, 1.82) is 0 Å². The number of hydrogen-bond acceptors (Lipinski definition) is 4. The molecule has 2 heterocycles. The Morgan fingerprint density at radius 2 is 1.92 bits per heavy atom. The fourth-order valence-corrected chi connectivity index (χ4v) is 3.41. The van der Waals surface area contributed by atoms with Gasteiger partial charge in [-0.25, -0.2) is 4.79 Å². The smallest absolute Gasteiger partial charge is 0.494 e. The Balaban J connectivity index is 1.68. The van der Waals surface area contributed by atoms with Gasteiger partial charge in [-0.1, -0.05) is 6.92 Å². The Hall–Kier alpha value is -2.76. The van der Waals surface area contributed by atoms with E-state index < -0.39 is 0 Å². The zero-order chi connectivity index (χ0) is 17.4. The van der Waals surface area contributed by atoms with Crippen molar-refractivity contribution in [1.82, 2.24) is 4.98 Å². The van der Waals surface area contributed by atoms with Crippen molar-refractivity contribution in [3.63, 3.8) is 0 Å². The predicted molar refractivity (Wildman–Crippen MR) is 90.9 cm³/mol. The fraction of sp³-hybridized carbons (Fsp3) is 0.368. The van der Waals surface area contributed by atoms with Gasteiger partial charge in [-0.2, -0.15) is 4.79 Å². The summed E-state index contributed by atoms with van der Waals surface area (Å²) in [5.41, 5.74) is 2.71. The molecule has 2 amide bonds. The monoisotopic (exact) mass is 338 g/mol. The van der Waals surface area contributed by atoms with E-state index in [1.807, 2.05) is 6.92 Å². The number of fused-ring (bicyclic) bond motifs is 3. The maximum atomic E-state index is 12.9. The highest BCUT2D eigenvalue weighted by atomic mass is 16.5. The number of amides is 2. The van der Waals surface area contributed by atoms with Crippen molar-refractivity contribution in [3.8, 4) is 5.75 Å². The van der Waals surface area contributed by atoms with Gasteiger partial charge in [-0.3, -0.25) is 4.98 Å². The molecule has 0 saturated carbocycles. The van der Waals surface area contributed by atoms with Gasteiger partial charge in [0.2, 0.25) is 5.69 Å². The second-order valence-electron chi connectivity index (χ2n) is 6.34. The molecule has 2 aliphatic rings. The first-order valence-electron chi connectivity index (χ1n) is 8.75. The maximum Gasteiger partial charge on any atom is 0.512 e. The maximum absolute atomic E-state index is 12.9. The standard InChI is InChI=1S/C19H20N3O3/c1-2-11-25-14-9-7-13(8-10-14)21-18(23)17-12-20-15-5-3-4-6-16(15)22(17)19(21)24/h7-10,12H,2-6,11H2,1H3/q+1. The Kier molecular flexibility index (Phi) is 3.95. The van der Waals surface area contributed by atoms with Crippen LogP contribution in [0.5, 0.6) is 5.75 Å². The fourth-order valence-electron chi connectivity index (χ4n) is 3.41. The topological polar surface area (TPSA) is 63.4 Å². The van der Waals surface area contributed by atoms with Crippen LogP contribution in [0.2, 0.25) is 0 Å². The number of aryl methyl sites for hydroxylation is 1. The predicted octanol–water partition coefficient (Wildman–Crippen LogP) is 2.67. The highest BCUT2D eigenvalue weighted by molar-refractivity contribution is 6.20. The summed E-state index contributed by atoms with van der Waals surface area (Å²) in [4.78, 5) is 31.3. The summed E-state index contributed by atoms with van der Waals surface area (Å²) < 4.78 is 7.11. The summed E-state index contributed by atoms with van der Waals surface area (Å²) in [5.74, 6) is 0.405. The number of imide groups is 1. The molecule has 1 aromatic carbocycles. The van der Waals surface area contributed by atoms with Crippen molar-refractivity contribution in [2.45, 2.75) is 39.0 Å². The molecular weight excluding hydrogens is 318 g/mol. The van der Waals surface area contributed by atoms with Gasteiger partial charge in [-0.15, -0.1) is 9.47 Å². The van der Waals surface area contributed by atoms with E-state index in [-0.39, 0.29) is 11.9 Å². The van der Waals surface area contributed by atoms with E-state index in [4.69, 9.17) is 4.74 Å². The highest BCUT2D eigenvalue weighted by Gasteiger charge is 2.49. The summed E-state index contributed by atoms with van der Waals surface area (Å²) in [6.45, 7) is 2.68. The van der Waals surface area contributed by atoms with Gasteiger partial charge in [0.1, 0.15) is 17.1 Å². The van der Waals surface area contributed by atoms with E-state index in [2.05, 4.69) is 4.98 Å². The number of hydrogen-bond donors (Lipinski definition) is 0. The molecule has 1 aliphatic heterocycles. The van der Waals surface area contributed by atoms with Crippen molar-refractivity contribution >= 4 is 17.6 Å². The van der Waals surface area contributed by atoms with Gasteiger partial charge in [0.25, 0.3) is 0 Å². The summed E-state index contributed by atoms with van der Waals surface area (Å²) in [6, 6.07) is 6.74. The molecule has 4 rings (SSSR count). The van der Waals surface area contributed by atoms with Crippen molar-refractivity contribution in [2.24, 2.45) is 0 Å². The second kappa shape index (κ2) is 6.27. The first-order valence-corrected chi connectivity index (χ1v) is 8.75. The van der Waals surface area contributed by atoms with Crippen LogP contribution in [-0.4, -0.2) is 23.5 Å². The molecule has 128 valence electrons. The summed E-state index contributed by atoms with van der Waals surface area (Å²) >= 11 is 0. The normalized spacial score (nSPS) is 16.0. The molecule has 0 unspecified atom stereocenters. The van der Waals surface area contributed by atoms with Gasteiger partial charge in [0, 0.05) is 6.42 Å². The van der Waals surface area contributed by atoms with E-state index >= 15 is 0 Å². The SMILES string of the molecule is CCCOc1ccc(N2C(=O)c3cnc4c([n+]3C2=O)CCCC4)cc1. The third-order valence-electron chi connectivity index (χ3n) is 4.64. The number of benzene rings is 1. The van der Waals surface area contributed by atoms with E-state index in [0.717, 1.165) is 49.2 Å². The van der Waals surface area contributed by atoms with Crippen LogP contribution in [0.25, 0.3) is 0 Å². The van der Waals surface area contributed by atoms with Crippen molar-refractivity contribution in [2.75, 3.05) is 11.5 Å². The highest BCUT2D eigenvalue weighted by Crippen LogP contribution is 2.25. The van der Waals surface area contributed by atoms with Crippen LogP contribution in [0, 0.1) is 0 Å². The molecule has 0 spiro atoms. The van der Waals surface area contributed by atoms with Crippen LogP contribution < -0.4 is 14.2 Å². The molecular formula is C19H20N3O3+. The van der Waals surface area contributed by atoms with Crippen molar-refractivity contribution < 1.29 is 18.9 Å². The third-order valence-corrected chi connectivity index (χ3v) is 4.64. The quantitative estimate of drug-likeness (QED) is 0.804. The lowest BCUT2D eigenvalue weighted by atomic mass is 10.00. The molecule has 0 N–H and O–H groups in total. The Bertz CT molecular complexity index is 846.